The van der Waals surface area contributed by atoms with E-state index < -0.39 is 22.6 Å². The Morgan fingerprint density at radius 1 is 1.34 bits per heavy atom. The molecule has 0 saturated carbocycles. The van der Waals surface area contributed by atoms with Gasteiger partial charge in [0.2, 0.25) is 6.10 Å². The molecule has 154 valence electrons. The predicted octanol–water partition coefficient (Wildman–Crippen LogP) is 4.19. The zero-order valence-electron chi connectivity index (χ0n) is 16.5. The van der Waals surface area contributed by atoms with Crippen molar-refractivity contribution in [1.82, 2.24) is 4.98 Å². The summed E-state index contributed by atoms with van der Waals surface area (Å²) < 4.78 is 11.5. The first-order chi connectivity index (χ1) is 13.6. The van der Waals surface area contributed by atoms with Crippen LogP contribution in [0.3, 0.4) is 0 Å². The minimum absolute atomic E-state index is 0.213. The van der Waals surface area contributed by atoms with Crippen LogP contribution < -0.4 is 4.74 Å². The van der Waals surface area contributed by atoms with E-state index >= 15 is 0 Å². The van der Waals surface area contributed by atoms with Gasteiger partial charge in [-0.2, -0.15) is 0 Å². The quantitative estimate of drug-likeness (QED) is 0.406. The molecule has 0 amide bonds. The molecule has 0 fully saturated rings. The maximum atomic E-state index is 12.7. The molecule has 0 N–H and O–H groups in total. The zero-order valence-corrected chi connectivity index (χ0v) is 17.2. The minimum atomic E-state index is -1.39. The van der Waals surface area contributed by atoms with Crippen molar-refractivity contribution in [1.29, 1.82) is 0 Å². The summed E-state index contributed by atoms with van der Waals surface area (Å²) in [5.41, 5.74) is 1.97. The van der Waals surface area contributed by atoms with Crippen molar-refractivity contribution in [2.24, 2.45) is 5.41 Å². The van der Waals surface area contributed by atoms with E-state index in [1.54, 1.807) is 46.0 Å². The van der Waals surface area contributed by atoms with Crippen molar-refractivity contribution < 1.29 is 24.2 Å². The van der Waals surface area contributed by atoms with Crippen LogP contribution in [0.1, 0.15) is 49.3 Å². The van der Waals surface area contributed by atoms with Gasteiger partial charge in [-0.05, 0) is 30.0 Å². The summed E-state index contributed by atoms with van der Waals surface area (Å²) in [5, 5.41) is 10.4. The van der Waals surface area contributed by atoms with Crippen LogP contribution in [0.15, 0.2) is 30.5 Å². The third-order valence-electron chi connectivity index (χ3n) is 4.59. The highest BCUT2D eigenvalue weighted by atomic mass is 35.5. The van der Waals surface area contributed by atoms with E-state index in [0.717, 1.165) is 11.1 Å². The molecule has 0 spiro atoms. The molecule has 1 aliphatic rings. The summed E-state index contributed by atoms with van der Waals surface area (Å²) in [6.07, 6.45) is -0.0772. The van der Waals surface area contributed by atoms with Crippen LogP contribution >= 0.6 is 11.6 Å². The number of hydrogen-bond acceptors (Lipinski definition) is 7. The van der Waals surface area contributed by atoms with E-state index in [2.05, 4.69) is 9.82 Å². The van der Waals surface area contributed by atoms with Crippen molar-refractivity contribution in [3.8, 4) is 5.75 Å². The Labute approximate surface area is 172 Å². The lowest BCUT2D eigenvalue weighted by molar-refractivity contribution is -0.768. The summed E-state index contributed by atoms with van der Waals surface area (Å²) >= 11 is 5.95. The third kappa shape index (κ3) is 4.49. The molecule has 2 atom stereocenters. The summed E-state index contributed by atoms with van der Waals surface area (Å²) in [5.74, 6) is -0.618. The van der Waals surface area contributed by atoms with Gasteiger partial charge in [-0.3, -0.25) is 9.82 Å². The van der Waals surface area contributed by atoms with Gasteiger partial charge in [0.05, 0.1) is 12.3 Å². The SMILES string of the molecule is Cc1ncc2c(c1OC(=O)[C@H](O[N+](=O)[O-])C(C)(C)C)COC2c1ccc(Cl)cc1. The van der Waals surface area contributed by atoms with Gasteiger partial charge in [-0.15, -0.1) is 10.1 Å². The fourth-order valence-corrected chi connectivity index (χ4v) is 3.25. The average Bonchev–Trinajstić information content (AvgIpc) is 3.06. The minimum Gasteiger partial charge on any atom is -0.423 e. The van der Waals surface area contributed by atoms with E-state index in [0.29, 0.717) is 16.3 Å². The Kier molecular flexibility index (Phi) is 5.77. The number of pyridine rings is 1. The van der Waals surface area contributed by atoms with Gasteiger partial charge >= 0.3 is 5.97 Å². The summed E-state index contributed by atoms with van der Waals surface area (Å²) in [7, 11) is 0. The molecule has 2 heterocycles. The molecule has 0 saturated heterocycles. The topological polar surface area (TPSA) is 101 Å². The van der Waals surface area contributed by atoms with Gasteiger partial charge in [0.15, 0.2) is 5.75 Å². The second-order valence-electron chi connectivity index (χ2n) is 7.85. The summed E-state index contributed by atoms with van der Waals surface area (Å²) in [6.45, 7) is 6.87. The number of halogens is 1. The van der Waals surface area contributed by atoms with Crippen LogP contribution in [0.5, 0.6) is 5.75 Å². The number of benzene rings is 1. The normalized spacial score (nSPS) is 16.8. The maximum absolute atomic E-state index is 12.7. The van der Waals surface area contributed by atoms with E-state index in [4.69, 9.17) is 21.1 Å². The first-order valence-corrected chi connectivity index (χ1v) is 9.34. The third-order valence-corrected chi connectivity index (χ3v) is 4.84. The summed E-state index contributed by atoms with van der Waals surface area (Å²) in [6, 6.07) is 7.25. The van der Waals surface area contributed by atoms with E-state index in [1.165, 1.54) is 0 Å². The van der Waals surface area contributed by atoms with Crippen LogP contribution in [0.25, 0.3) is 0 Å². The number of hydrogen-bond donors (Lipinski definition) is 0. The number of carbonyl (C=O) groups excluding carboxylic acids is 1. The smallest absolute Gasteiger partial charge is 0.341 e. The Bertz CT molecular complexity index is 939. The average molecular weight is 421 g/mol. The Morgan fingerprint density at radius 3 is 2.59 bits per heavy atom. The Morgan fingerprint density at radius 2 is 2.00 bits per heavy atom. The summed E-state index contributed by atoms with van der Waals surface area (Å²) in [4.78, 5) is 32.4. The molecule has 0 radical (unpaired) electrons. The number of rotatable bonds is 5. The predicted molar refractivity (Wildman–Crippen MR) is 104 cm³/mol. The largest absolute Gasteiger partial charge is 0.423 e. The first-order valence-electron chi connectivity index (χ1n) is 8.96. The number of esters is 1. The lowest BCUT2D eigenvalue weighted by atomic mass is 9.89. The van der Waals surface area contributed by atoms with Gasteiger partial charge < -0.3 is 9.47 Å². The fourth-order valence-electron chi connectivity index (χ4n) is 3.13. The standard InChI is InChI=1S/C20H21ClN2O6/c1-11-16(28-19(24)18(20(2,3)4)29-23(25)26)15-10-27-17(14(15)9-22-11)12-5-7-13(21)8-6-12/h5-9,17-18H,10H2,1-4H3/t17?,18-/m0/s1. The lowest BCUT2D eigenvalue weighted by Crippen LogP contribution is -2.41. The van der Waals surface area contributed by atoms with Gasteiger partial charge in [0, 0.05) is 22.3 Å². The maximum Gasteiger partial charge on any atom is 0.341 e. The highest BCUT2D eigenvalue weighted by Gasteiger charge is 2.38. The van der Waals surface area contributed by atoms with E-state index in [-0.39, 0.29) is 18.5 Å². The van der Waals surface area contributed by atoms with Gasteiger partial charge in [-0.25, -0.2) is 4.79 Å². The second-order valence-corrected chi connectivity index (χ2v) is 8.28. The van der Waals surface area contributed by atoms with Crippen LogP contribution in [-0.2, 0) is 21.0 Å². The van der Waals surface area contributed by atoms with Crippen molar-refractivity contribution in [2.75, 3.05) is 0 Å². The molecule has 1 aromatic heterocycles. The molecule has 1 aromatic carbocycles. The number of aromatic nitrogens is 1. The molecule has 2 aromatic rings. The number of carbonyl (C=O) groups is 1. The molecule has 9 heteroatoms. The number of ether oxygens (including phenoxy) is 2. The monoisotopic (exact) mass is 420 g/mol. The Balaban J connectivity index is 1.92. The van der Waals surface area contributed by atoms with Gasteiger partial charge in [0.25, 0.3) is 5.09 Å². The van der Waals surface area contributed by atoms with Gasteiger partial charge in [0.1, 0.15) is 6.10 Å². The van der Waals surface area contributed by atoms with E-state index in [9.17, 15) is 14.9 Å². The second kappa shape index (κ2) is 7.96. The number of aryl methyl sites for hydroxylation is 1. The van der Waals surface area contributed by atoms with Crippen LogP contribution in [0.2, 0.25) is 5.02 Å². The van der Waals surface area contributed by atoms with Crippen molar-refractivity contribution in [3.05, 3.63) is 68.0 Å². The zero-order chi connectivity index (χ0) is 21.3. The molecule has 1 unspecified atom stereocenters. The van der Waals surface area contributed by atoms with Crippen molar-refractivity contribution in [2.45, 2.75) is 46.5 Å². The van der Waals surface area contributed by atoms with Gasteiger partial charge in [-0.1, -0.05) is 44.5 Å². The first kappa shape index (κ1) is 21.0. The molecular weight excluding hydrogens is 400 g/mol. The Hall–Kier alpha value is -2.71. The van der Waals surface area contributed by atoms with Crippen LogP contribution in [0, 0.1) is 22.5 Å². The molecule has 0 aliphatic carbocycles. The van der Waals surface area contributed by atoms with Crippen molar-refractivity contribution >= 4 is 17.6 Å². The number of fused-ring (bicyclic) bond motifs is 1. The number of nitrogens with zero attached hydrogens (tertiary/aromatic N) is 2. The fraction of sp³-hybridized carbons (Fsp3) is 0.400. The highest BCUT2D eigenvalue weighted by molar-refractivity contribution is 6.30. The van der Waals surface area contributed by atoms with Crippen LogP contribution in [0.4, 0.5) is 0 Å². The van der Waals surface area contributed by atoms with Crippen molar-refractivity contribution in [3.63, 3.8) is 0 Å². The highest BCUT2D eigenvalue weighted by Crippen LogP contribution is 2.41. The molecule has 1 aliphatic heterocycles. The molecule has 3 rings (SSSR count). The van der Waals surface area contributed by atoms with Crippen LogP contribution in [-0.4, -0.2) is 22.1 Å². The van der Waals surface area contributed by atoms with E-state index in [1.807, 2.05) is 12.1 Å². The lowest BCUT2D eigenvalue weighted by Gasteiger charge is -2.26. The molecular formula is C20H21ClN2O6. The molecule has 0 bridgehead atoms. The molecule has 8 nitrogen and oxygen atoms in total. The molecule has 29 heavy (non-hydrogen) atoms.